The molecule has 1 aliphatic heterocycles. The molecule has 0 spiro atoms. The Morgan fingerprint density at radius 1 is 1.36 bits per heavy atom. The van der Waals surface area contributed by atoms with E-state index in [0.29, 0.717) is 12.2 Å². The van der Waals surface area contributed by atoms with E-state index in [4.69, 9.17) is 4.74 Å². The zero-order chi connectivity index (χ0) is 18.0. The number of aromatic nitrogens is 2. The first-order valence-corrected chi connectivity index (χ1v) is 7.74. The molecular weight excluding hydrogens is 326 g/mol. The monoisotopic (exact) mass is 343 g/mol. The quantitative estimate of drug-likeness (QED) is 0.875. The third-order valence-electron chi connectivity index (χ3n) is 4.27. The number of rotatable bonds is 4. The number of nitrogens with zero attached hydrogens (tertiary/aromatic N) is 2. The lowest BCUT2D eigenvalue weighted by Gasteiger charge is -2.22. The minimum Gasteiger partial charge on any atom is -0.479 e. The molecule has 0 fully saturated rings. The first kappa shape index (κ1) is 16.7. The molecule has 25 heavy (non-hydrogen) atoms. The summed E-state index contributed by atoms with van der Waals surface area (Å²) >= 11 is 0. The van der Waals surface area contributed by atoms with E-state index < -0.39 is 23.2 Å². The maximum Gasteiger partial charge on any atom is 0.412 e. The fourth-order valence-corrected chi connectivity index (χ4v) is 2.80. The van der Waals surface area contributed by atoms with Gasteiger partial charge in [0, 0.05) is 6.42 Å². The van der Waals surface area contributed by atoms with Crippen molar-refractivity contribution in [3.05, 3.63) is 58.3 Å². The van der Waals surface area contributed by atoms with Crippen molar-refractivity contribution in [2.45, 2.75) is 31.9 Å². The van der Waals surface area contributed by atoms with E-state index in [0.717, 1.165) is 10.1 Å². The zero-order valence-corrected chi connectivity index (χ0v) is 13.6. The van der Waals surface area contributed by atoms with Crippen LogP contribution < -0.4 is 10.9 Å². The molecule has 0 saturated heterocycles. The van der Waals surface area contributed by atoms with Gasteiger partial charge in [-0.15, -0.1) is 0 Å². The summed E-state index contributed by atoms with van der Waals surface area (Å²) in [6.45, 7) is 1.52. The predicted octanol–water partition coefficient (Wildman–Crippen LogP) is 1.74. The van der Waals surface area contributed by atoms with Gasteiger partial charge < -0.3 is 9.84 Å². The van der Waals surface area contributed by atoms with Crippen LogP contribution in [0.1, 0.15) is 24.7 Å². The van der Waals surface area contributed by atoms with Crippen molar-refractivity contribution in [3.8, 4) is 0 Å². The Labute approximate surface area is 143 Å². The highest BCUT2D eigenvalue weighted by atomic mass is 16.5. The van der Waals surface area contributed by atoms with Crippen LogP contribution >= 0.6 is 0 Å². The number of hydrogen-bond donors (Lipinski definition) is 2. The minimum atomic E-state index is -1.37. The van der Waals surface area contributed by atoms with Crippen LogP contribution in [-0.4, -0.2) is 26.7 Å². The Balaban J connectivity index is 1.77. The number of benzene rings is 1. The lowest BCUT2D eigenvalue weighted by atomic mass is 10.00. The molecule has 2 heterocycles. The Bertz CT molecular complexity index is 878. The molecule has 8 heteroatoms. The van der Waals surface area contributed by atoms with Crippen molar-refractivity contribution in [2.75, 3.05) is 5.32 Å². The third kappa shape index (κ3) is 3.10. The first-order chi connectivity index (χ1) is 11.9. The highest BCUT2D eigenvalue weighted by Gasteiger charge is 2.43. The number of amides is 1. The van der Waals surface area contributed by atoms with Gasteiger partial charge in [0.25, 0.3) is 5.56 Å². The minimum absolute atomic E-state index is 0.0548. The molecule has 8 nitrogen and oxygen atoms in total. The normalized spacial score (nSPS) is 18.4. The summed E-state index contributed by atoms with van der Waals surface area (Å²) in [5.41, 5.74) is -1.29. The van der Waals surface area contributed by atoms with E-state index in [1.807, 2.05) is 18.2 Å². The lowest BCUT2D eigenvalue weighted by molar-refractivity contribution is -0.146. The molecule has 0 bridgehead atoms. The van der Waals surface area contributed by atoms with Crippen LogP contribution in [0.4, 0.5) is 10.5 Å². The van der Waals surface area contributed by atoms with Crippen molar-refractivity contribution >= 4 is 17.7 Å². The van der Waals surface area contributed by atoms with Crippen molar-refractivity contribution in [1.82, 2.24) is 9.55 Å². The molecule has 0 saturated carbocycles. The number of fused-ring (bicyclic) bond motifs is 1. The van der Waals surface area contributed by atoms with Crippen LogP contribution in [0.15, 0.2) is 41.3 Å². The Kier molecular flexibility index (Phi) is 4.26. The van der Waals surface area contributed by atoms with E-state index >= 15 is 0 Å². The average Bonchev–Trinajstić information content (AvgIpc) is 2.96. The number of ether oxygens (including phenoxy) is 1. The number of carbonyl (C=O) groups is 2. The van der Waals surface area contributed by atoms with Gasteiger partial charge in [-0.05, 0) is 18.9 Å². The Morgan fingerprint density at radius 2 is 2.08 bits per heavy atom. The maximum atomic E-state index is 12.6. The number of aryl methyl sites for hydroxylation is 1. The first-order valence-electron chi connectivity index (χ1n) is 7.74. The van der Waals surface area contributed by atoms with Crippen LogP contribution in [-0.2, 0) is 28.1 Å². The van der Waals surface area contributed by atoms with Crippen LogP contribution in [0.5, 0.6) is 0 Å². The van der Waals surface area contributed by atoms with Gasteiger partial charge in [-0.3, -0.25) is 14.7 Å². The lowest BCUT2D eigenvalue weighted by Crippen LogP contribution is -2.43. The van der Waals surface area contributed by atoms with Crippen molar-refractivity contribution < 1.29 is 19.4 Å². The third-order valence-corrected chi connectivity index (χ3v) is 4.27. The zero-order valence-electron chi connectivity index (χ0n) is 13.6. The molecule has 2 aromatic rings. The van der Waals surface area contributed by atoms with E-state index in [2.05, 4.69) is 10.3 Å². The topological polar surface area (TPSA) is 111 Å². The van der Waals surface area contributed by atoms with Crippen LogP contribution in [0.2, 0.25) is 0 Å². The fraction of sp³-hybridized carbons (Fsp3) is 0.294. The van der Waals surface area contributed by atoms with Crippen LogP contribution in [0, 0.1) is 0 Å². The van der Waals surface area contributed by atoms with E-state index in [1.54, 1.807) is 12.1 Å². The maximum absolute atomic E-state index is 12.6. The van der Waals surface area contributed by atoms with Gasteiger partial charge in [0.15, 0.2) is 0 Å². The molecule has 1 aliphatic rings. The van der Waals surface area contributed by atoms with Crippen LogP contribution in [0.3, 0.4) is 0 Å². The summed E-state index contributed by atoms with van der Waals surface area (Å²) in [4.78, 5) is 40.1. The number of carboxylic acids is 1. The molecule has 0 radical (unpaired) electrons. The van der Waals surface area contributed by atoms with Gasteiger partial charge in [0.2, 0.25) is 0 Å². The second-order valence-corrected chi connectivity index (χ2v) is 5.99. The molecule has 1 aromatic carbocycles. The summed E-state index contributed by atoms with van der Waals surface area (Å²) in [6.07, 6.45) is 1.08. The Morgan fingerprint density at radius 3 is 2.76 bits per heavy atom. The van der Waals surface area contributed by atoms with Crippen LogP contribution in [0.25, 0.3) is 0 Å². The molecule has 0 aliphatic carbocycles. The second kappa shape index (κ2) is 6.39. The average molecular weight is 343 g/mol. The molecule has 1 aromatic heterocycles. The standard InChI is InChI=1S/C17H17N3O5/c1-17(15(22)23)8-7-13-18-9-12(14(21)20(13)17)19-16(24)25-10-11-5-3-2-4-6-11/h2-6,9H,7-8,10H2,1H3,(H,19,24)(H,22,23). The second-order valence-electron chi connectivity index (χ2n) is 5.99. The number of anilines is 1. The van der Waals surface area contributed by atoms with Gasteiger partial charge in [-0.1, -0.05) is 30.3 Å². The smallest absolute Gasteiger partial charge is 0.412 e. The van der Waals surface area contributed by atoms with Gasteiger partial charge >= 0.3 is 12.1 Å². The SMILES string of the molecule is CC1(C(=O)O)CCc2ncc(NC(=O)OCc3ccccc3)c(=O)n21. The highest BCUT2D eigenvalue weighted by molar-refractivity contribution is 5.84. The largest absolute Gasteiger partial charge is 0.479 e. The van der Waals surface area contributed by atoms with E-state index in [-0.39, 0.29) is 18.7 Å². The highest BCUT2D eigenvalue weighted by Crippen LogP contribution is 2.29. The molecular formula is C17H17N3O5. The number of hydrogen-bond acceptors (Lipinski definition) is 5. The summed E-state index contributed by atoms with van der Waals surface area (Å²) < 4.78 is 6.19. The number of carbonyl (C=O) groups excluding carboxylic acids is 1. The number of aliphatic carboxylic acids is 1. The number of nitrogens with one attached hydrogen (secondary N) is 1. The van der Waals surface area contributed by atoms with Crippen molar-refractivity contribution in [3.63, 3.8) is 0 Å². The molecule has 1 amide bonds. The Hall–Kier alpha value is -3.16. The van der Waals surface area contributed by atoms with Crippen molar-refractivity contribution in [2.24, 2.45) is 0 Å². The van der Waals surface area contributed by atoms with Gasteiger partial charge in [-0.25, -0.2) is 14.6 Å². The number of carboxylic acid groups (broad SMARTS) is 1. The molecule has 1 atom stereocenters. The molecule has 2 N–H and O–H groups in total. The van der Waals surface area contributed by atoms with Gasteiger partial charge in [-0.2, -0.15) is 0 Å². The van der Waals surface area contributed by atoms with Gasteiger partial charge in [0.05, 0.1) is 6.20 Å². The molecule has 1 unspecified atom stereocenters. The summed E-state index contributed by atoms with van der Waals surface area (Å²) in [6, 6.07) is 9.09. The van der Waals surface area contributed by atoms with E-state index in [1.165, 1.54) is 13.1 Å². The molecule has 3 rings (SSSR count). The van der Waals surface area contributed by atoms with Crippen molar-refractivity contribution in [1.29, 1.82) is 0 Å². The summed E-state index contributed by atoms with van der Waals surface area (Å²) in [5, 5.41) is 11.8. The summed E-state index contributed by atoms with van der Waals surface area (Å²) in [7, 11) is 0. The van der Waals surface area contributed by atoms with E-state index in [9.17, 15) is 19.5 Å². The van der Waals surface area contributed by atoms with Gasteiger partial charge in [0.1, 0.15) is 23.7 Å². The summed E-state index contributed by atoms with van der Waals surface area (Å²) in [5.74, 6) is -0.725. The predicted molar refractivity (Wildman–Crippen MR) is 88.4 cm³/mol. The fourth-order valence-electron chi connectivity index (χ4n) is 2.80. The molecule has 130 valence electrons.